The Morgan fingerprint density at radius 2 is 1.81 bits per heavy atom. The minimum Gasteiger partial charge on any atom is -0.278 e. The predicted octanol–water partition coefficient (Wildman–Crippen LogP) is 4.62. The lowest BCUT2D eigenvalue weighted by molar-refractivity contribution is 0.628. The van der Waals surface area contributed by atoms with Crippen molar-refractivity contribution in [2.75, 3.05) is 0 Å². The van der Waals surface area contributed by atoms with Crippen LogP contribution in [0.5, 0.6) is 0 Å². The summed E-state index contributed by atoms with van der Waals surface area (Å²) in [5.74, 6) is 0.758. The maximum atomic E-state index is 13.7. The third kappa shape index (κ3) is 2.59. The van der Waals surface area contributed by atoms with E-state index in [0.29, 0.717) is 16.7 Å². The minimum atomic E-state index is -0.475. The Kier molecular flexibility index (Phi) is 4.03. The first-order chi connectivity index (χ1) is 10.2. The Morgan fingerprint density at radius 3 is 2.52 bits per heavy atom. The molecule has 0 spiro atoms. The van der Waals surface area contributed by atoms with Crippen molar-refractivity contribution >= 4 is 27.5 Å². The van der Waals surface area contributed by atoms with E-state index in [1.807, 2.05) is 34.9 Å². The van der Waals surface area contributed by atoms with E-state index < -0.39 is 5.82 Å². The lowest BCUT2D eigenvalue weighted by atomic mass is 10.2. The van der Waals surface area contributed by atoms with E-state index in [2.05, 4.69) is 26.1 Å². The normalized spacial score (nSPS) is 10.8. The van der Waals surface area contributed by atoms with Gasteiger partial charge in [-0.1, -0.05) is 51.8 Å². The number of rotatable bonds is 3. The van der Waals surface area contributed by atoms with Crippen molar-refractivity contribution in [3.63, 3.8) is 0 Å². The summed E-state index contributed by atoms with van der Waals surface area (Å²) in [5.41, 5.74) is 1.41. The third-order valence-electron chi connectivity index (χ3n) is 3.06. The first kappa shape index (κ1) is 14.2. The molecule has 1 heterocycles. The van der Waals surface area contributed by atoms with E-state index in [1.165, 1.54) is 6.07 Å². The summed E-state index contributed by atoms with van der Waals surface area (Å²) < 4.78 is 15.5. The highest BCUT2D eigenvalue weighted by Gasteiger charge is 2.18. The molecular formula is C15H10BrClFN3. The van der Waals surface area contributed by atoms with Gasteiger partial charge in [0, 0.05) is 11.3 Å². The second-order valence-electron chi connectivity index (χ2n) is 4.35. The molecular weight excluding hydrogens is 357 g/mol. The van der Waals surface area contributed by atoms with Gasteiger partial charge >= 0.3 is 0 Å². The third-order valence-corrected chi connectivity index (χ3v) is 3.94. The van der Waals surface area contributed by atoms with Gasteiger partial charge in [0.2, 0.25) is 0 Å². The van der Waals surface area contributed by atoms with E-state index >= 15 is 0 Å². The highest BCUT2D eigenvalue weighted by atomic mass is 79.9. The zero-order chi connectivity index (χ0) is 14.8. The summed E-state index contributed by atoms with van der Waals surface area (Å²) >= 11 is 9.47. The van der Waals surface area contributed by atoms with Gasteiger partial charge in [0.15, 0.2) is 5.82 Å². The lowest BCUT2D eigenvalue weighted by Crippen LogP contribution is -2.02. The minimum absolute atomic E-state index is 0.0446. The van der Waals surface area contributed by atoms with Crippen molar-refractivity contribution in [3.05, 3.63) is 65.2 Å². The predicted molar refractivity (Wildman–Crippen MR) is 84.4 cm³/mol. The number of alkyl halides is 1. The molecule has 0 atom stereocenters. The molecule has 0 amide bonds. The van der Waals surface area contributed by atoms with Crippen molar-refractivity contribution in [1.82, 2.24) is 14.8 Å². The molecule has 0 aliphatic heterocycles. The molecule has 2 aromatic carbocycles. The Labute approximate surface area is 134 Å². The molecule has 3 nitrogen and oxygen atoms in total. The van der Waals surface area contributed by atoms with Gasteiger partial charge in [-0.15, -0.1) is 10.2 Å². The van der Waals surface area contributed by atoms with Crippen LogP contribution in [-0.4, -0.2) is 14.8 Å². The number of hydrogen-bond acceptors (Lipinski definition) is 2. The maximum absolute atomic E-state index is 13.7. The summed E-state index contributed by atoms with van der Waals surface area (Å²) in [6.07, 6.45) is 0. The number of aromatic nitrogens is 3. The zero-order valence-electron chi connectivity index (χ0n) is 10.8. The standard InChI is InChI=1S/C15H10BrClFN3/c16-9-13-19-20-15(11-7-4-8-12(18)14(11)17)21(13)10-5-2-1-3-6-10/h1-8H,9H2. The number of benzene rings is 2. The molecule has 0 saturated carbocycles. The average molecular weight is 367 g/mol. The smallest absolute Gasteiger partial charge is 0.170 e. The van der Waals surface area contributed by atoms with Crippen LogP contribution < -0.4 is 0 Å². The van der Waals surface area contributed by atoms with Crippen molar-refractivity contribution in [3.8, 4) is 17.1 Å². The fourth-order valence-corrected chi connectivity index (χ4v) is 2.68. The molecule has 0 N–H and O–H groups in total. The lowest BCUT2D eigenvalue weighted by Gasteiger charge is -2.10. The van der Waals surface area contributed by atoms with Gasteiger partial charge in [0.1, 0.15) is 11.6 Å². The van der Waals surface area contributed by atoms with Crippen LogP contribution >= 0.6 is 27.5 Å². The molecule has 0 aliphatic carbocycles. The van der Waals surface area contributed by atoms with Crippen molar-refractivity contribution < 1.29 is 4.39 Å². The summed E-state index contributed by atoms with van der Waals surface area (Å²) in [7, 11) is 0. The van der Waals surface area contributed by atoms with E-state index in [9.17, 15) is 4.39 Å². The van der Waals surface area contributed by atoms with Crippen LogP contribution in [0.3, 0.4) is 0 Å². The summed E-state index contributed by atoms with van der Waals surface area (Å²) in [4.78, 5) is 0. The molecule has 0 saturated heterocycles. The number of nitrogens with zero attached hydrogens (tertiary/aromatic N) is 3. The first-order valence-corrected chi connectivity index (χ1v) is 7.72. The van der Waals surface area contributed by atoms with Crippen molar-refractivity contribution in [2.45, 2.75) is 5.33 Å². The van der Waals surface area contributed by atoms with Gasteiger partial charge in [-0.3, -0.25) is 4.57 Å². The molecule has 6 heteroatoms. The SMILES string of the molecule is Fc1cccc(-c2nnc(CBr)n2-c2ccccc2)c1Cl. The Bertz CT molecular complexity index is 774. The van der Waals surface area contributed by atoms with Crippen LogP contribution in [0.4, 0.5) is 4.39 Å². The van der Waals surface area contributed by atoms with Crippen LogP contribution in [0.1, 0.15) is 5.82 Å². The molecule has 106 valence electrons. The van der Waals surface area contributed by atoms with Crippen molar-refractivity contribution in [1.29, 1.82) is 0 Å². The summed E-state index contributed by atoms with van der Waals surface area (Å²) in [5, 5.41) is 8.88. The molecule has 0 bridgehead atoms. The average Bonchev–Trinajstić information content (AvgIpc) is 2.94. The number of para-hydroxylation sites is 1. The molecule has 3 rings (SSSR count). The zero-order valence-corrected chi connectivity index (χ0v) is 13.1. The highest BCUT2D eigenvalue weighted by Crippen LogP contribution is 2.31. The van der Waals surface area contributed by atoms with Crippen LogP contribution in [0.25, 0.3) is 17.1 Å². The molecule has 0 aliphatic rings. The topological polar surface area (TPSA) is 30.7 Å². The van der Waals surface area contributed by atoms with E-state index in [0.717, 1.165) is 11.5 Å². The number of halogens is 3. The van der Waals surface area contributed by atoms with Gasteiger partial charge in [0.05, 0.1) is 10.4 Å². The fraction of sp³-hybridized carbons (Fsp3) is 0.0667. The molecule has 1 aromatic heterocycles. The molecule has 3 aromatic rings. The van der Waals surface area contributed by atoms with E-state index in [4.69, 9.17) is 11.6 Å². The van der Waals surface area contributed by atoms with Crippen LogP contribution in [-0.2, 0) is 5.33 Å². The van der Waals surface area contributed by atoms with Gasteiger partial charge in [-0.25, -0.2) is 4.39 Å². The Hall–Kier alpha value is -1.72. The summed E-state index contributed by atoms with van der Waals surface area (Å²) in [6.45, 7) is 0. The first-order valence-electron chi connectivity index (χ1n) is 6.22. The van der Waals surface area contributed by atoms with Crippen LogP contribution in [0, 0.1) is 5.82 Å². The van der Waals surface area contributed by atoms with Crippen LogP contribution in [0.2, 0.25) is 5.02 Å². The molecule has 0 radical (unpaired) electrons. The van der Waals surface area contributed by atoms with Gasteiger partial charge in [-0.2, -0.15) is 0 Å². The van der Waals surface area contributed by atoms with Gasteiger partial charge in [0.25, 0.3) is 0 Å². The fourth-order valence-electron chi connectivity index (χ4n) is 2.10. The van der Waals surface area contributed by atoms with Crippen molar-refractivity contribution in [2.24, 2.45) is 0 Å². The molecule has 0 unspecified atom stereocenters. The second-order valence-corrected chi connectivity index (χ2v) is 5.28. The van der Waals surface area contributed by atoms with Crippen LogP contribution in [0.15, 0.2) is 48.5 Å². The maximum Gasteiger partial charge on any atom is 0.170 e. The largest absolute Gasteiger partial charge is 0.278 e. The second kappa shape index (κ2) is 5.95. The van der Waals surface area contributed by atoms with E-state index in [1.54, 1.807) is 12.1 Å². The van der Waals surface area contributed by atoms with Gasteiger partial charge < -0.3 is 0 Å². The molecule has 0 fully saturated rings. The Morgan fingerprint density at radius 1 is 1.05 bits per heavy atom. The number of hydrogen-bond donors (Lipinski definition) is 0. The Balaban J connectivity index is 2.25. The highest BCUT2D eigenvalue weighted by molar-refractivity contribution is 9.08. The molecule has 21 heavy (non-hydrogen) atoms. The monoisotopic (exact) mass is 365 g/mol. The quantitative estimate of drug-likeness (QED) is 0.633. The van der Waals surface area contributed by atoms with E-state index in [-0.39, 0.29) is 5.02 Å². The van der Waals surface area contributed by atoms with Gasteiger partial charge in [-0.05, 0) is 24.3 Å². The summed E-state index contributed by atoms with van der Waals surface area (Å²) in [6, 6.07) is 14.3.